The summed E-state index contributed by atoms with van der Waals surface area (Å²) in [4.78, 5) is 16.3. The van der Waals surface area contributed by atoms with Gasteiger partial charge in [0.1, 0.15) is 5.75 Å². The number of hydrogen-bond acceptors (Lipinski definition) is 5. The Kier molecular flexibility index (Phi) is 6.57. The third-order valence-electron chi connectivity index (χ3n) is 4.19. The van der Waals surface area contributed by atoms with Crippen molar-refractivity contribution >= 4 is 5.91 Å². The molecule has 140 valence electrons. The van der Waals surface area contributed by atoms with E-state index in [-0.39, 0.29) is 5.91 Å². The van der Waals surface area contributed by atoms with Crippen LogP contribution >= 0.6 is 0 Å². The summed E-state index contributed by atoms with van der Waals surface area (Å²) in [5, 5.41) is 6.92. The Morgan fingerprint density at radius 1 is 1.07 bits per heavy atom. The summed E-state index contributed by atoms with van der Waals surface area (Å²) in [6, 6.07) is 17.7. The number of nitrogens with one attached hydrogen (secondary N) is 1. The summed E-state index contributed by atoms with van der Waals surface area (Å²) in [5.41, 5.74) is 2.04. The first-order chi connectivity index (χ1) is 13.3. The summed E-state index contributed by atoms with van der Waals surface area (Å²) >= 11 is 0. The molecule has 0 aliphatic carbocycles. The highest BCUT2D eigenvalue weighted by Gasteiger charge is 2.13. The van der Waals surface area contributed by atoms with E-state index in [1.807, 2.05) is 42.5 Å². The SMILES string of the molecule is COc1ccccc1-c1noc(CCC(=O)NCCCc2ccccc2)n1. The number of rotatable bonds is 9. The van der Waals surface area contributed by atoms with E-state index >= 15 is 0 Å². The average molecular weight is 365 g/mol. The van der Waals surface area contributed by atoms with E-state index < -0.39 is 0 Å². The van der Waals surface area contributed by atoms with Gasteiger partial charge in [-0.1, -0.05) is 47.6 Å². The predicted octanol–water partition coefficient (Wildman–Crippen LogP) is 3.43. The highest BCUT2D eigenvalue weighted by molar-refractivity contribution is 5.76. The molecular weight excluding hydrogens is 342 g/mol. The zero-order chi connectivity index (χ0) is 18.9. The molecule has 1 heterocycles. The minimum atomic E-state index is -0.0138. The lowest BCUT2D eigenvalue weighted by Gasteiger charge is -2.04. The van der Waals surface area contributed by atoms with Crippen LogP contribution in [0.4, 0.5) is 0 Å². The second kappa shape index (κ2) is 9.52. The van der Waals surface area contributed by atoms with Crippen LogP contribution in [-0.4, -0.2) is 29.7 Å². The van der Waals surface area contributed by atoms with Gasteiger partial charge in [0.2, 0.25) is 17.6 Å². The van der Waals surface area contributed by atoms with Crippen LogP contribution in [0.25, 0.3) is 11.4 Å². The average Bonchev–Trinajstić information content (AvgIpc) is 3.19. The number of aromatic nitrogens is 2. The number of amides is 1. The Bertz CT molecular complexity index is 862. The minimum absolute atomic E-state index is 0.0138. The molecule has 0 saturated carbocycles. The molecule has 3 aromatic rings. The Labute approximate surface area is 158 Å². The summed E-state index contributed by atoms with van der Waals surface area (Å²) in [6.45, 7) is 0.657. The fourth-order valence-electron chi connectivity index (χ4n) is 2.77. The molecule has 27 heavy (non-hydrogen) atoms. The molecule has 6 nitrogen and oxygen atoms in total. The largest absolute Gasteiger partial charge is 0.496 e. The summed E-state index contributed by atoms with van der Waals surface area (Å²) in [6.07, 6.45) is 2.59. The molecule has 2 aromatic carbocycles. The van der Waals surface area contributed by atoms with E-state index in [2.05, 4.69) is 27.6 Å². The van der Waals surface area contributed by atoms with Crippen LogP contribution < -0.4 is 10.1 Å². The van der Waals surface area contributed by atoms with Gasteiger partial charge >= 0.3 is 0 Å². The number of methoxy groups -OCH3 is 1. The van der Waals surface area contributed by atoms with E-state index in [0.717, 1.165) is 18.4 Å². The van der Waals surface area contributed by atoms with Crippen LogP contribution in [0.3, 0.4) is 0 Å². The number of benzene rings is 2. The van der Waals surface area contributed by atoms with Crippen molar-refractivity contribution in [3.05, 3.63) is 66.1 Å². The van der Waals surface area contributed by atoms with Crippen molar-refractivity contribution in [1.29, 1.82) is 0 Å². The first kappa shape index (κ1) is 18.6. The van der Waals surface area contributed by atoms with Crippen molar-refractivity contribution < 1.29 is 14.1 Å². The molecule has 1 amide bonds. The molecule has 0 unspecified atom stereocenters. The number of carbonyl (C=O) groups excluding carboxylic acids is 1. The number of carbonyl (C=O) groups is 1. The fraction of sp³-hybridized carbons (Fsp3) is 0.286. The van der Waals surface area contributed by atoms with Gasteiger partial charge in [-0.15, -0.1) is 0 Å². The van der Waals surface area contributed by atoms with E-state index in [1.54, 1.807) is 7.11 Å². The first-order valence-corrected chi connectivity index (χ1v) is 9.03. The van der Waals surface area contributed by atoms with Crippen LogP contribution in [0.2, 0.25) is 0 Å². The summed E-state index contributed by atoms with van der Waals surface area (Å²) < 4.78 is 10.6. The van der Waals surface area contributed by atoms with Crippen molar-refractivity contribution in [2.24, 2.45) is 0 Å². The molecule has 1 aromatic heterocycles. The molecule has 0 atom stereocenters. The highest BCUT2D eigenvalue weighted by Crippen LogP contribution is 2.27. The minimum Gasteiger partial charge on any atom is -0.496 e. The molecule has 6 heteroatoms. The quantitative estimate of drug-likeness (QED) is 0.588. The van der Waals surface area contributed by atoms with Gasteiger partial charge in [0.15, 0.2) is 0 Å². The van der Waals surface area contributed by atoms with Crippen LogP contribution in [0, 0.1) is 0 Å². The van der Waals surface area contributed by atoms with E-state index in [0.29, 0.717) is 36.9 Å². The number of ether oxygens (including phenoxy) is 1. The standard InChI is InChI=1S/C21H23N3O3/c1-26-18-12-6-5-11-17(18)21-23-20(27-24-21)14-13-19(25)22-15-7-10-16-8-3-2-4-9-16/h2-6,8-9,11-12H,7,10,13-15H2,1H3,(H,22,25). The van der Waals surface area contributed by atoms with Crippen molar-refractivity contribution in [2.75, 3.05) is 13.7 Å². The molecule has 0 saturated heterocycles. The van der Waals surface area contributed by atoms with Crippen molar-refractivity contribution in [3.8, 4) is 17.1 Å². The van der Waals surface area contributed by atoms with E-state index in [9.17, 15) is 4.79 Å². The second-order valence-electron chi connectivity index (χ2n) is 6.15. The normalized spacial score (nSPS) is 10.6. The smallest absolute Gasteiger partial charge is 0.227 e. The molecule has 1 N–H and O–H groups in total. The van der Waals surface area contributed by atoms with Gasteiger partial charge in [-0.05, 0) is 30.5 Å². The number of nitrogens with zero attached hydrogens (tertiary/aromatic N) is 2. The fourth-order valence-corrected chi connectivity index (χ4v) is 2.77. The van der Waals surface area contributed by atoms with E-state index in [4.69, 9.17) is 9.26 Å². The van der Waals surface area contributed by atoms with Gasteiger partial charge in [0, 0.05) is 19.4 Å². The van der Waals surface area contributed by atoms with Gasteiger partial charge in [-0.25, -0.2) is 0 Å². The predicted molar refractivity (Wildman–Crippen MR) is 102 cm³/mol. The van der Waals surface area contributed by atoms with Gasteiger partial charge in [-0.2, -0.15) is 4.98 Å². The molecule has 3 rings (SSSR count). The molecule has 0 spiro atoms. The van der Waals surface area contributed by atoms with Crippen molar-refractivity contribution in [1.82, 2.24) is 15.5 Å². The molecule has 0 radical (unpaired) electrons. The maximum atomic E-state index is 12.0. The van der Waals surface area contributed by atoms with Crippen LogP contribution in [0.1, 0.15) is 24.3 Å². The zero-order valence-corrected chi connectivity index (χ0v) is 15.4. The van der Waals surface area contributed by atoms with E-state index in [1.165, 1.54) is 5.56 Å². The first-order valence-electron chi connectivity index (χ1n) is 9.03. The Morgan fingerprint density at radius 3 is 2.67 bits per heavy atom. The van der Waals surface area contributed by atoms with Gasteiger partial charge < -0.3 is 14.6 Å². The maximum absolute atomic E-state index is 12.0. The molecule has 0 aliphatic rings. The van der Waals surface area contributed by atoms with Gasteiger partial charge in [0.25, 0.3) is 0 Å². The van der Waals surface area contributed by atoms with Gasteiger partial charge in [0.05, 0.1) is 12.7 Å². The second-order valence-corrected chi connectivity index (χ2v) is 6.15. The highest BCUT2D eigenvalue weighted by atomic mass is 16.5. The van der Waals surface area contributed by atoms with Crippen molar-refractivity contribution in [2.45, 2.75) is 25.7 Å². The Balaban J connectivity index is 1.42. The number of aryl methyl sites for hydroxylation is 2. The summed E-state index contributed by atoms with van der Waals surface area (Å²) in [5.74, 6) is 1.57. The van der Waals surface area contributed by atoms with Crippen LogP contribution in [0.5, 0.6) is 5.75 Å². The Hall–Kier alpha value is -3.15. The molecule has 0 bridgehead atoms. The molecule has 0 aliphatic heterocycles. The third-order valence-corrected chi connectivity index (χ3v) is 4.19. The molecular formula is C21H23N3O3. The molecule has 0 fully saturated rings. The van der Waals surface area contributed by atoms with Gasteiger partial charge in [-0.3, -0.25) is 4.79 Å². The van der Waals surface area contributed by atoms with Crippen molar-refractivity contribution in [3.63, 3.8) is 0 Å². The topological polar surface area (TPSA) is 77.2 Å². The summed E-state index contributed by atoms with van der Waals surface area (Å²) in [7, 11) is 1.60. The third kappa shape index (κ3) is 5.41. The monoisotopic (exact) mass is 365 g/mol. The Morgan fingerprint density at radius 2 is 1.85 bits per heavy atom. The lowest BCUT2D eigenvalue weighted by molar-refractivity contribution is -0.121. The van der Waals surface area contributed by atoms with Crippen LogP contribution in [0.15, 0.2) is 59.1 Å². The zero-order valence-electron chi connectivity index (χ0n) is 15.4. The number of para-hydroxylation sites is 1. The lowest BCUT2D eigenvalue weighted by Crippen LogP contribution is -2.25. The lowest BCUT2D eigenvalue weighted by atomic mass is 10.1. The maximum Gasteiger partial charge on any atom is 0.227 e. The van der Waals surface area contributed by atoms with Crippen LogP contribution in [-0.2, 0) is 17.6 Å². The number of hydrogen-bond donors (Lipinski definition) is 1.